The summed E-state index contributed by atoms with van der Waals surface area (Å²) in [6.07, 6.45) is 0. The molecule has 1 heterocycles. The molecular formula is C10H22N2S. The van der Waals surface area contributed by atoms with Gasteiger partial charge < -0.3 is 10.6 Å². The molecule has 0 bridgehead atoms. The first-order chi connectivity index (χ1) is 6.00. The fraction of sp³-hybridized carbons (Fsp3) is 1.00. The van der Waals surface area contributed by atoms with Gasteiger partial charge in [-0.15, -0.1) is 0 Å². The van der Waals surface area contributed by atoms with E-state index in [0.29, 0.717) is 6.04 Å². The van der Waals surface area contributed by atoms with Gasteiger partial charge in [0.05, 0.1) is 0 Å². The molecule has 1 saturated heterocycles. The lowest BCUT2D eigenvalue weighted by molar-refractivity contribution is 0.212. The number of nitrogens with two attached hydrogens (primary N) is 1. The fourth-order valence-electron chi connectivity index (χ4n) is 1.34. The molecule has 2 nitrogen and oxygen atoms in total. The molecule has 13 heavy (non-hydrogen) atoms. The van der Waals surface area contributed by atoms with Gasteiger partial charge >= 0.3 is 0 Å². The molecule has 1 fully saturated rings. The maximum Gasteiger partial charge on any atom is 0.0217 e. The third kappa shape index (κ3) is 3.88. The van der Waals surface area contributed by atoms with Crippen LogP contribution >= 0.6 is 11.8 Å². The second-order valence-electron chi connectivity index (χ2n) is 4.89. The van der Waals surface area contributed by atoms with E-state index in [-0.39, 0.29) is 5.41 Å². The molecule has 1 aliphatic rings. The Morgan fingerprint density at radius 2 is 1.85 bits per heavy atom. The predicted octanol–water partition coefficient (Wildman–Crippen LogP) is 1.41. The molecule has 1 unspecified atom stereocenters. The molecule has 3 heteroatoms. The van der Waals surface area contributed by atoms with Crippen molar-refractivity contribution >= 4 is 11.8 Å². The molecule has 0 radical (unpaired) electrons. The highest BCUT2D eigenvalue weighted by atomic mass is 32.2. The van der Waals surface area contributed by atoms with Crippen molar-refractivity contribution in [2.24, 2.45) is 11.1 Å². The van der Waals surface area contributed by atoms with Gasteiger partial charge in [0.1, 0.15) is 0 Å². The Balaban J connectivity index is 2.30. The summed E-state index contributed by atoms with van der Waals surface area (Å²) in [5.74, 6) is 2.55. The molecule has 0 aromatic rings. The van der Waals surface area contributed by atoms with Crippen LogP contribution in [0.3, 0.4) is 0 Å². The van der Waals surface area contributed by atoms with Gasteiger partial charge in [0, 0.05) is 37.2 Å². The largest absolute Gasteiger partial charge is 0.326 e. The van der Waals surface area contributed by atoms with Gasteiger partial charge in [-0.3, -0.25) is 0 Å². The fourth-order valence-corrected chi connectivity index (χ4v) is 2.31. The Kier molecular flexibility index (Phi) is 4.07. The quantitative estimate of drug-likeness (QED) is 0.734. The predicted molar refractivity (Wildman–Crippen MR) is 61.2 cm³/mol. The molecular weight excluding hydrogens is 180 g/mol. The summed E-state index contributed by atoms with van der Waals surface area (Å²) in [4.78, 5) is 2.49. The third-order valence-corrected chi connectivity index (χ3v) is 3.61. The van der Waals surface area contributed by atoms with Crippen molar-refractivity contribution in [3.05, 3.63) is 0 Å². The molecule has 2 N–H and O–H groups in total. The molecule has 78 valence electrons. The zero-order valence-corrected chi connectivity index (χ0v) is 9.86. The highest BCUT2D eigenvalue weighted by Gasteiger charge is 2.23. The molecule has 0 spiro atoms. The number of hydrogen-bond acceptors (Lipinski definition) is 3. The van der Waals surface area contributed by atoms with E-state index in [0.717, 1.165) is 6.54 Å². The van der Waals surface area contributed by atoms with Crippen molar-refractivity contribution in [2.45, 2.75) is 26.8 Å². The van der Waals surface area contributed by atoms with Crippen LogP contribution in [0.4, 0.5) is 0 Å². The summed E-state index contributed by atoms with van der Waals surface area (Å²) in [6.45, 7) is 10.1. The van der Waals surface area contributed by atoms with Gasteiger partial charge in [0.2, 0.25) is 0 Å². The maximum absolute atomic E-state index is 6.13. The number of nitrogens with zero attached hydrogens (tertiary/aromatic N) is 1. The smallest absolute Gasteiger partial charge is 0.0217 e. The van der Waals surface area contributed by atoms with Crippen molar-refractivity contribution in [3.63, 3.8) is 0 Å². The Morgan fingerprint density at radius 3 is 2.31 bits per heavy atom. The highest BCUT2D eigenvalue weighted by Crippen LogP contribution is 2.19. The Hall–Kier alpha value is 0.270. The zero-order chi connectivity index (χ0) is 9.90. The SMILES string of the molecule is CC(C)(C)C(N)CN1CCSCC1. The molecule has 0 saturated carbocycles. The van der Waals surface area contributed by atoms with Crippen LogP contribution in [0.2, 0.25) is 0 Å². The maximum atomic E-state index is 6.13. The average molecular weight is 202 g/mol. The second kappa shape index (κ2) is 4.67. The number of thioether (sulfide) groups is 1. The Bertz CT molecular complexity index is 147. The number of rotatable bonds is 2. The van der Waals surface area contributed by atoms with E-state index < -0.39 is 0 Å². The lowest BCUT2D eigenvalue weighted by Gasteiger charge is -2.34. The van der Waals surface area contributed by atoms with Crippen LogP contribution in [-0.2, 0) is 0 Å². The van der Waals surface area contributed by atoms with Crippen molar-refractivity contribution in [2.75, 3.05) is 31.1 Å². The van der Waals surface area contributed by atoms with Crippen LogP contribution < -0.4 is 5.73 Å². The van der Waals surface area contributed by atoms with E-state index >= 15 is 0 Å². The van der Waals surface area contributed by atoms with Crippen LogP contribution in [0.1, 0.15) is 20.8 Å². The normalized spacial score (nSPS) is 23.1. The van der Waals surface area contributed by atoms with Gasteiger partial charge in [-0.2, -0.15) is 11.8 Å². The highest BCUT2D eigenvalue weighted by molar-refractivity contribution is 7.99. The Morgan fingerprint density at radius 1 is 1.31 bits per heavy atom. The van der Waals surface area contributed by atoms with Crippen LogP contribution in [0.5, 0.6) is 0 Å². The van der Waals surface area contributed by atoms with Gasteiger partial charge in [0.15, 0.2) is 0 Å². The summed E-state index contributed by atoms with van der Waals surface area (Å²) in [6, 6.07) is 0.301. The summed E-state index contributed by atoms with van der Waals surface area (Å²) in [7, 11) is 0. The second-order valence-corrected chi connectivity index (χ2v) is 6.11. The molecule has 0 aromatic carbocycles. The van der Waals surface area contributed by atoms with E-state index in [2.05, 4.69) is 37.4 Å². The summed E-state index contributed by atoms with van der Waals surface area (Å²) in [5.41, 5.74) is 6.37. The van der Waals surface area contributed by atoms with Crippen molar-refractivity contribution in [1.82, 2.24) is 4.90 Å². The third-order valence-electron chi connectivity index (χ3n) is 2.67. The molecule has 1 aliphatic heterocycles. The first kappa shape index (κ1) is 11.3. The first-order valence-electron chi connectivity index (χ1n) is 5.06. The van der Waals surface area contributed by atoms with Gasteiger partial charge in [0.25, 0.3) is 0 Å². The van der Waals surface area contributed by atoms with Crippen LogP contribution in [0, 0.1) is 5.41 Å². The summed E-state index contributed by atoms with van der Waals surface area (Å²) in [5, 5.41) is 0. The lowest BCUT2D eigenvalue weighted by Crippen LogP contribution is -2.47. The van der Waals surface area contributed by atoms with Crippen LogP contribution in [0.15, 0.2) is 0 Å². The topological polar surface area (TPSA) is 29.3 Å². The zero-order valence-electron chi connectivity index (χ0n) is 9.05. The van der Waals surface area contributed by atoms with E-state index in [1.165, 1.54) is 24.6 Å². The average Bonchev–Trinajstić information content (AvgIpc) is 2.04. The van der Waals surface area contributed by atoms with Crippen molar-refractivity contribution in [1.29, 1.82) is 0 Å². The van der Waals surface area contributed by atoms with E-state index in [1.54, 1.807) is 0 Å². The van der Waals surface area contributed by atoms with Crippen LogP contribution in [-0.4, -0.2) is 42.1 Å². The van der Waals surface area contributed by atoms with E-state index in [4.69, 9.17) is 5.73 Å². The summed E-state index contributed by atoms with van der Waals surface area (Å²) >= 11 is 2.05. The minimum Gasteiger partial charge on any atom is -0.326 e. The standard InChI is InChI=1S/C10H22N2S/c1-10(2,3)9(11)8-12-4-6-13-7-5-12/h9H,4-8,11H2,1-3H3. The van der Waals surface area contributed by atoms with E-state index in [1.807, 2.05) is 0 Å². The van der Waals surface area contributed by atoms with Gasteiger partial charge in [-0.05, 0) is 5.41 Å². The van der Waals surface area contributed by atoms with Gasteiger partial charge in [-0.1, -0.05) is 20.8 Å². The molecule has 1 atom stereocenters. The molecule has 0 aliphatic carbocycles. The van der Waals surface area contributed by atoms with Crippen molar-refractivity contribution in [3.8, 4) is 0 Å². The number of hydrogen-bond donors (Lipinski definition) is 1. The lowest BCUT2D eigenvalue weighted by atomic mass is 9.87. The van der Waals surface area contributed by atoms with Gasteiger partial charge in [-0.25, -0.2) is 0 Å². The summed E-state index contributed by atoms with van der Waals surface area (Å²) < 4.78 is 0. The molecule has 0 aromatic heterocycles. The van der Waals surface area contributed by atoms with E-state index in [9.17, 15) is 0 Å². The van der Waals surface area contributed by atoms with Crippen molar-refractivity contribution < 1.29 is 0 Å². The minimum absolute atomic E-state index is 0.241. The monoisotopic (exact) mass is 202 g/mol. The Labute approximate surface area is 86.2 Å². The van der Waals surface area contributed by atoms with Crippen LogP contribution in [0.25, 0.3) is 0 Å². The first-order valence-corrected chi connectivity index (χ1v) is 6.21. The molecule has 1 rings (SSSR count). The minimum atomic E-state index is 0.241. The molecule has 0 amide bonds.